The number of hydrogen-bond donors (Lipinski definition) is 1. The molecule has 0 atom stereocenters. The molecule has 8 nitrogen and oxygen atoms in total. The highest BCUT2D eigenvalue weighted by Gasteiger charge is 2.23. The predicted octanol–water partition coefficient (Wildman–Crippen LogP) is 8.06. The Morgan fingerprint density at radius 2 is 1.62 bits per heavy atom. The number of sulfonamides is 1. The highest BCUT2D eigenvalue weighted by molar-refractivity contribution is 7.89. The van der Waals surface area contributed by atoms with Crippen LogP contribution in [-0.2, 0) is 16.6 Å². The summed E-state index contributed by atoms with van der Waals surface area (Å²) < 4.78 is 35.5. The molecule has 1 aliphatic rings. The quantitative estimate of drug-likeness (QED) is 0.174. The third kappa shape index (κ3) is 6.33. The molecule has 1 saturated carbocycles. The van der Waals surface area contributed by atoms with Crippen molar-refractivity contribution in [1.82, 2.24) is 13.9 Å². The molecule has 0 amide bonds. The molecule has 0 unspecified atom stereocenters. The summed E-state index contributed by atoms with van der Waals surface area (Å²) in [6.45, 7) is 0.145. The van der Waals surface area contributed by atoms with E-state index in [1.807, 2.05) is 42.5 Å². The van der Waals surface area contributed by atoms with Gasteiger partial charge in [-0.1, -0.05) is 49.1 Å². The zero-order chi connectivity index (χ0) is 31.7. The normalized spacial score (nSPS) is 14.2. The standard InChI is InChI=1S/C35H34ClN3O5S/c1-38(2)45(42,43)30-17-18-31(23-8-13-27(36)14-9-23)26(20-30)22-44-29-15-10-24(11-16-29)34-37-32-21-25(35(40)41)12-19-33(32)39(34)28-6-4-3-5-7-28/h8-21,28H,3-7,22H2,1-2H3,(H,40,41). The van der Waals surface area contributed by atoms with Crippen LogP contribution in [-0.4, -0.2) is 47.4 Å². The monoisotopic (exact) mass is 643 g/mol. The van der Waals surface area contributed by atoms with E-state index in [1.165, 1.54) is 24.8 Å². The summed E-state index contributed by atoms with van der Waals surface area (Å²) in [5.74, 6) is 0.448. The maximum atomic E-state index is 12.9. The minimum absolute atomic E-state index is 0.145. The number of nitrogens with zero attached hydrogens (tertiary/aromatic N) is 3. The molecule has 4 aromatic carbocycles. The number of benzene rings is 4. The first-order chi connectivity index (χ1) is 21.6. The summed E-state index contributed by atoms with van der Waals surface area (Å²) >= 11 is 6.11. The van der Waals surface area contributed by atoms with Crippen LogP contribution in [0.15, 0.2) is 89.8 Å². The van der Waals surface area contributed by atoms with Gasteiger partial charge in [0, 0.05) is 30.7 Å². The summed E-state index contributed by atoms with van der Waals surface area (Å²) in [6.07, 6.45) is 5.63. The fourth-order valence-corrected chi connectivity index (χ4v) is 7.06. The number of imidazole rings is 1. The van der Waals surface area contributed by atoms with Gasteiger partial charge in [0.15, 0.2) is 0 Å². The second-order valence-electron chi connectivity index (χ2n) is 11.5. The van der Waals surface area contributed by atoms with Crippen LogP contribution >= 0.6 is 11.6 Å². The number of carboxylic acid groups (broad SMARTS) is 1. The lowest BCUT2D eigenvalue weighted by Gasteiger charge is -2.25. The van der Waals surface area contributed by atoms with Crippen LogP contribution in [0.5, 0.6) is 5.75 Å². The second-order valence-corrected chi connectivity index (χ2v) is 14.1. The van der Waals surface area contributed by atoms with Crippen molar-refractivity contribution in [2.45, 2.75) is 49.6 Å². The number of carboxylic acids is 1. The van der Waals surface area contributed by atoms with E-state index >= 15 is 0 Å². The molecule has 5 aromatic rings. The average Bonchev–Trinajstić information content (AvgIpc) is 3.43. The maximum absolute atomic E-state index is 12.9. The number of rotatable bonds is 9. The van der Waals surface area contributed by atoms with Gasteiger partial charge in [0.2, 0.25) is 10.0 Å². The Morgan fingerprint density at radius 1 is 0.933 bits per heavy atom. The minimum atomic E-state index is -3.64. The summed E-state index contributed by atoms with van der Waals surface area (Å²) in [5, 5.41) is 10.1. The minimum Gasteiger partial charge on any atom is -0.489 e. The Hall–Kier alpha value is -4.18. The first-order valence-electron chi connectivity index (χ1n) is 14.9. The SMILES string of the molecule is CN(C)S(=O)(=O)c1ccc(-c2ccc(Cl)cc2)c(COc2ccc(-c3nc4cc(C(=O)O)ccc4n3C3CCCCC3)cc2)c1. The van der Waals surface area contributed by atoms with Crippen LogP contribution in [0, 0.1) is 0 Å². The van der Waals surface area contributed by atoms with Crippen molar-refractivity contribution < 1.29 is 23.1 Å². The number of ether oxygens (including phenoxy) is 1. The lowest BCUT2D eigenvalue weighted by atomic mass is 9.95. The molecule has 232 valence electrons. The zero-order valence-electron chi connectivity index (χ0n) is 25.1. The number of fused-ring (bicyclic) bond motifs is 1. The van der Waals surface area contributed by atoms with Crippen molar-refractivity contribution in [2.24, 2.45) is 0 Å². The highest BCUT2D eigenvalue weighted by atomic mass is 35.5. The van der Waals surface area contributed by atoms with Crippen LogP contribution in [0.3, 0.4) is 0 Å². The maximum Gasteiger partial charge on any atom is 0.335 e. The third-order valence-electron chi connectivity index (χ3n) is 8.39. The molecule has 1 aromatic heterocycles. The molecule has 0 aliphatic heterocycles. The highest BCUT2D eigenvalue weighted by Crippen LogP contribution is 2.37. The van der Waals surface area contributed by atoms with Crippen molar-refractivity contribution in [1.29, 1.82) is 0 Å². The fourth-order valence-electron chi connectivity index (χ4n) is 5.98. The molecule has 10 heteroatoms. The fraction of sp³-hybridized carbons (Fsp3) is 0.257. The number of aromatic nitrogens is 2. The van der Waals surface area contributed by atoms with Gasteiger partial charge < -0.3 is 14.4 Å². The first kappa shape index (κ1) is 30.8. The van der Waals surface area contributed by atoms with Crippen molar-refractivity contribution in [3.63, 3.8) is 0 Å². The zero-order valence-corrected chi connectivity index (χ0v) is 26.7. The number of hydrogen-bond acceptors (Lipinski definition) is 5. The number of aromatic carboxylic acids is 1. The molecule has 1 heterocycles. The van der Waals surface area contributed by atoms with Crippen molar-refractivity contribution in [3.8, 4) is 28.3 Å². The Bertz CT molecular complexity index is 1960. The molecule has 0 bridgehead atoms. The molecule has 1 fully saturated rings. The second kappa shape index (κ2) is 12.7. The van der Waals surface area contributed by atoms with Crippen LogP contribution in [0.2, 0.25) is 5.02 Å². The Morgan fingerprint density at radius 3 is 2.29 bits per heavy atom. The molecule has 1 N–H and O–H groups in total. The topological polar surface area (TPSA) is 102 Å². The van der Waals surface area contributed by atoms with Crippen LogP contribution < -0.4 is 4.74 Å². The van der Waals surface area contributed by atoms with E-state index in [0.717, 1.165) is 59.3 Å². The van der Waals surface area contributed by atoms with Crippen LogP contribution in [0.1, 0.15) is 54.1 Å². The molecule has 6 rings (SSSR count). The van der Waals surface area contributed by atoms with Crippen LogP contribution in [0.25, 0.3) is 33.5 Å². The summed E-state index contributed by atoms with van der Waals surface area (Å²) in [6, 6.07) is 25.6. The number of halogens is 1. The molecule has 45 heavy (non-hydrogen) atoms. The molecular weight excluding hydrogens is 610 g/mol. The Kier molecular flexibility index (Phi) is 8.68. The van der Waals surface area contributed by atoms with Gasteiger partial charge in [-0.25, -0.2) is 22.5 Å². The van der Waals surface area contributed by atoms with Gasteiger partial charge in [0.05, 0.1) is 21.5 Å². The smallest absolute Gasteiger partial charge is 0.335 e. The van der Waals surface area contributed by atoms with E-state index in [4.69, 9.17) is 21.3 Å². The van der Waals surface area contributed by atoms with Crippen molar-refractivity contribution >= 4 is 38.6 Å². The van der Waals surface area contributed by atoms with Gasteiger partial charge in [0.1, 0.15) is 18.2 Å². The van der Waals surface area contributed by atoms with Gasteiger partial charge in [0.25, 0.3) is 0 Å². The molecular formula is C35H34ClN3O5S. The summed E-state index contributed by atoms with van der Waals surface area (Å²) in [5.41, 5.74) is 5.19. The number of carbonyl (C=O) groups is 1. The van der Waals surface area contributed by atoms with E-state index in [-0.39, 0.29) is 17.1 Å². The molecule has 0 saturated heterocycles. The average molecular weight is 644 g/mol. The lowest BCUT2D eigenvalue weighted by molar-refractivity contribution is 0.0697. The van der Waals surface area contributed by atoms with Gasteiger partial charge in [-0.15, -0.1) is 0 Å². The molecule has 0 radical (unpaired) electrons. The third-order valence-corrected chi connectivity index (χ3v) is 10.5. The van der Waals surface area contributed by atoms with E-state index in [1.54, 1.807) is 42.5 Å². The lowest BCUT2D eigenvalue weighted by Crippen LogP contribution is -2.22. The van der Waals surface area contributed by atoms with Gasteiger partial charge >= 0.3 is 5.97 Å². The molecule has 0 spiro atoms. The largest absolute Gasteiger partial charge is 0.489 e. The van der Waals surface area contributed by atoms with E-state index in [9.17, 15) is 18.3 Å². The van der Waals surface area contributed by atoms with Crippen molar-refractivity contribution in [3.05, 3.63) is 101 Å². The summed E-state index contributed by atoms with van der Waals surface area (Å²) in [7, 11) is -0.626. The van der Waals surface area contributed by atoms with E-state index in [0.29, 0.717) is 22.3 Å². The van der Waals surface area contributed by atoms with Gasteiger partial charge in [-0.2, -0.15) is 0 Å². The first-order valence-corrected chi connectivity index (χ1v) is 16.7. The van der Waals surface area contributed by atoms with E-state index in [2.05, 4.69) is 4.57 Å². The van der Waals surface area contributed by atoms with Crippen molar-refractivity contribution in [2.75, 3.05) is 14.1 Å². The van der Waals surface area contributed by atoms with Crippen LogP contribution in [0.4, 0.5) is 0 Å². The molecule has 1 aliphatic carbocycles. The summed E-state index contributed by atoms with van der Waals surface area (Å²) in [4.78, 5) is 16.7. The Labute approximate surface area is 267 Å². The van der Waals surface area contributed by atoms with Gasteiger partial charge in [-0.3, -0.25) is 0 Å². The van der Waals surface area contributed by atoms with E-state index < -0.39 is 16.0 Å². The van der Waals surface area contributed by atoms with Gasteiger partial charge in [-0.05, 0) is 96.3 Å². The Balaban J connectivity index is 1.31. The predicted molar refractivity (Wildman–Crippen MR) is 176 cm³/mol.